The first-order valence-corrected chi connectivity index (χ1v) is 11.0. The van der Waals surface area contributed by atoms with Gasteiger partial charge in [0.05, 0.1) is 11.0 Å². The number of hydrogen-bond acceptors (Lipinski definition) is 7. The predicted octanol–water partition coefficient (Wildman–Crippen LogP) is 4.44. The molecule has 2 heterocycles. The molecular formula is C20H16N4O3S2. The molecule has 0 saturated carbocycles. The van der Waals surface area contributed by atoms with E-state index >= 15 is 0 Å². The lowest BCUT2D eigenvalue weighted by atomic mass is 10.1. The highest BCUT2D eigenvalue weighted by atomic mass is 32.2. The van der Waals surface area contributed by atoms with Gasteiger partial charge in [-0.1, -0.05) is 30.3 Å². The van der Waals surface area contributed by atoms with Crippen LogP contribution in [0.1, 0.15) is 17.3 Å². The van der Waals surface area contributed by atoms with Crippen LogP contribution in [-0.2, 0) is 10.0 Å². The summed E-state index contributed by atoms with van der Waals surface area (Å²) in [5.74, 6) is 0.242. The Balaban J connectivity index is 1.78. The van der Waals surface area contributed by atoms with Gasteiger partial charge in [0, 0.05) is 11.3 Å². The van der Waals surface area contributed by atoms with E-state index in [2.05, 4.69) is 20.0 Å². The van der Waals surface area contributed by atoms with E-state index in [4.69, 9.17) is 0 Å². The van der Waals surface area contributed by atoms with Gasteiger partial charge in [0.1, 0.15) is 4.21 Å². The van der Waals surface area contributed by atoms with E-state index in [-0.39, 0.29) is 21.6 Å². The van der Waals surface area contributed by atoms with E-state index in [1.165, 1.54) is 13.0 Å². The fourth-order valence-electron chi connectivity index (χ4n) is 2.70. The van der Waals surface area contributed by atoms with E-state index in [0.29, 0.717) is 22.3 Å². The zero-order valence-electron chi connectivity index (χ0n) is 15.3. The molecule has 2 aromatic carbocycles. The third-order valence-corrected chi connectivity index (χ3v) is 6.83. The molecule has 0 amide bonds. The summed E-state index contributed by atoms with van der Waals surface area (Å²) >= 11 is 1.11. The minimum Gasteiger partial charge on any atom is -0.337 e. The first-order valence-electron chi connectivity index (χ1n) is 8.63. The van der Waals surface area contributed by atoms with Crippen molar-refractivity contribution in [3.8, 4) is 0 Å². The molecule has 4 aromatic rings. The maximum atomic E-state index is 12.7. The smallest absolute Gasteiger partial charge is 0.272 e. The van der Waals surface area contributed by atoms with E-state index in [9.17, 15) is 13.2 Å². The van der Waals surface area contributed by atoms with Crippen molar-refractivity contribution >= 4 is 55.5 Å². The fraction of sp³-hybridized carbons (Fsp3) is 0.0500. The lowest BCUT2D eigenvalue weighted by molar-refractivity contribution is 0.101. The van der Waals surface area contributed by atoms with E-state index < -0.39 is 10.0 Å². The second-order valence-electron chi connectivity index (χ2n) is 6.21. The summed E-state index contributed by atoms with van der Waals surface area (Å²) < 4.78 is 28.1. The van der Waals surface area contributed by atoms with Crippen molar-refractivity contribution in [1.82, 2.24) is 9.97 Å². The van der Waals surface area contributed by atoms with Crippen LogP contribution in [0.25, 0.3) is 11.0 Å². The highest BCUT2D eigenvalue weighted by molar-refractivity contribution is 7.94. The number of thiophene rings is 1. The summed E-state index contributed by atoms with van der Waals surface area (Å²) in [5.41, 5.74) is 2.29. The third kappa shape index (κ3) is 4.10. The van der Waals surface area contributed by atoms with Gasteiger partial charge >= 0.3 is 0 Å². The highest BCUT2D eigenvalue weighted by Gasteiger charge is 2.20. The number of ketones is 1. The monoisotopic (exact) mass is 424 g/mol. The molecule has 29 heavy (non-hydrogen) atoms. The summed E-state index contributed by atoms with van der Waals surface area (Å²) in [6.45, 7) is 1.48. The molecule has 2 N–H and O–H groups in total. The number of para-hydroxylation sites is 2. The maximum absolute atomic E-state index is 12.7. The Morgan fingerprint density at radius 2 is 1.66 bits per heavy atom. The van der Waals surface area contributed by atoms with Gasteiger partial charge in [-0.3, -0.25) is 9.52 Å². The summed E-state index contributed by atoms with van der Waals surface area (Å²) in [6, 6.07) is 17.2. The summed E-state index contributed by atoms with van der Waals surface area (Å²) in [7, 11) is -3.80. The molecule has 0 atom stereocenters. The Morgan fingerprint density at radius 3 is 2.31 bits per heavy atom. The molecule has 9 heteroatoms. The van der Waals surface area contributed by atoms with E-state index in [1.807, 2.05) is 6.07 Å². The number of fused-ring (bicyclic) bond motifs is 1. The quantitative estimate of drug-likeness (QED) is 0.444. The number of hydrogen-bond donors (Lipinski definition) is 2. The van der Waals surface area contributed by atoms with Gasteiger partial charge in [-0.2, -0.15) is 0 Å². The van der Waals surface area contributed by atoms with Crippen molar-refractivity contribution in [3.05, 3.63) is 71.6 Å². The Morgan fingerprint density at radius 1 is 0.931 bits per heavy atom. The van der Waals surface area contributed by atoms with E-state index in [1.54, 1.807) is 53.9 Å². The van der Waals surface area contributed by atoms with Crippen LogP contribution in [0.4, 0.5) is 17.3 Å². The fourth-order valence-corrected chi connectivity index (χ4v) is 4.71. The van der Waals surface area contributed by atoms with Crippen LogP contribution < -0.4 is 10.0 Å². The number of carbonyl (C=O) groups excluding carboxylic acids is 1. The number of anilines is 3. The number of nitrogens with one attached hydrogen (secondary N) is 2. The molecule has 0 unspecified atom stereocenters. The van der Waals surface area contributed by atoms with Crippen LogP contribution in [0, 0.1) is 0 Å². The van der Waals surface area contributed by atoms with E-state index in [0.717, 1.165) is 11.3 Å². The normalized spacial score (nSPS) is 11.3. The zero-order valence-corrected chi connectivity index (χ0v) is 16.9. The second kappa shape index (κ2) is 7.61. The van der Waals surface area contributed by atoms with Gasteiger partial charge in [0.15, 0.2) is 17.4 Å². The molecule has 146 valence electrons. The molecule has 7 nitrogen and oxygen atoms in total. The molecule has 0 aliphatic heterocycles. The molecule has 2 aromatic heterocycles. The van der Waals surface area contributed by atoms with Crippen LogP contribution in [0.2, 0.25) is 0 Å². The largest absolute Gasteiger partial charge is 0.337 e. The Hall–Kier alpha value is -3.30. The van der Waals surface area contributed by atoms with Crippen molar-refractivity contribution in [2.45, 2.75) is 11.1 Å². The van der Waals surface area contributed by atoms with Gasteiger partial charge in [-0.05, 0) is 42.6 Å². The molecule has 0 aliphatic rings. The van der Waals surface area contributed by atoms with Crippen LogP contribution >= 0.6 is 11.3 Å². The van der Waals surface area contributed by atoms with Crippen LogP contribution in [0.3, 0.4) is 0 Å². The standard InChI is InChI=1S/C20H16N4O3S2/c1-13(25)14-6-4-7-15(12-14)21-19-20(23-17-9-3-2-8-16(17)22-19)24-29(26,27)18-10-5-11-28-18/h2-12H,1H3,(H,21,22)(H,23,24). The molecule has 0 bridgehead atoms. The second-order valence-corrected chi connectivity index (χ2v) is 9.07. The predicted molar refractivity (Wildman–Crippen MR) is 114 cm³/mol. The van der Waals surface area contributed by atoms with Crippen LogP contribution in [0.5, 0.6) is 0 Å². The number of sulfonamides is 1. The molecular weight excluding hydrogens is 408 g/mol. The first kappa shape index (κ1) is 19.0. The number of aromatic nitrogens is 2. The molecule has 0 radical (unpaired) electrons. The third-order valence-electron chi connectivity index (χ3n) is 4.09. The SMILES string of the molecule is CC(=O)c1cccc(Nc2nc3ccccc3nc2NS(=O)(=O)c2cccs2)c1. The number of rotatable bonds is 6. The topological polar surface area (TPSA) is 101 Å². The Labute approximate surface area is 171 Å². The summed E-state index contributed by atoms with van der Waals surface area (Å²) in [4.78, 5) is 20.6. The molecule has 0 spiro atoms. The van der Waals surface area contributed by atoms with Crippen molar-refractivity contribution in [2.24, 2.45) is 0 Å². The van der Waals surface area contributed by atoms with Gasteiger partial charge in [-0.15, -0.1) is 11.3 Å². The maximum Gasteiger partial charge on any atom is 0.272 e. The lowest BCUT2D eigenvalue weighted by Gasteiger charge is -2.13. The molecule has 4 rings (SSSR count). The first-order chi connectivity index (χ1) is 13.9. The minimum absolute atomic E-state index is 0.0723. The molecule has 0 fully saturated rings. The molecule has 0 aliphatic carbocycles. The van der Waals surface area contributed by atoms with Crippen LogP contribution in [-0.4, -0.2) is 24.2 Å². The van der Waals surface area contributed by atoms with Crippen LogP contribution in [0.15, 0.2) is 70.3 Å². The minimum atomic E-state index is -3.80. The van der Waals surface area contributed by atoms with Crippen molar-refractivity contribution in [2.75, 3.05) is 10.0 Å². The van der Waals surface area contributed by atoms with Crippen molar-refractivity contribution < 1.29 is 13.2 Å². The number of benzene rings is 2. The average molecular weight is 425 g/mol. The van der Waals surface area contributed by atoms with Gasteiger partial charge in [0.2, 0.25) is 0 Å². The zero-order chi connectivity index (χ0) is 20.4. The highest BCUT2D eigenvalue weighted by Crippen LogP contribution is 2.28. The Kier molecular flexibility index (Phi) is 4.99. The average Bonchev–Trinajstić information content (AvgIpc) is 3.24. The van der Waals surface area contributed by atoms with Gasteiger partial charge < -0.3 is 5.32 Å². The van der Waals surface area contributed by atoms with Crippen molar-refractivity contribution in [1.29, 1.82) is 0 Å². The Bertz CT molecular complexity index is 1300. The lowest BCUT2D eigenvalue weighted by Crippen LogP contribution is -2.15. The van der Waals surface area contributed by atoms with Gasteiger partial charge in [-0.25, -0.2) is 18.4 Å². The van der Waals surface area contributed by atoms with Gasteiger partial charge in [0.25, 0.3) is 10.0 Å². The summed E-state index contributed by atoms with van der Waals surface area (Å²) in [5, 5.41) is 4.77. The number of carbonyl (C=O) groups is 1. The molecule has 0 saturated heterocycles. The number of Topliss-reactive ketones (excluding diaryl/α,β-unsaturated/α-hetero) is 1. The summed E-state index contributed by atoms with van der Waals surface area (Å²) in [6.07, 6.45) is 0. The van der Waals surface area contributed by atoms with Crippen molar-refractivity contribution in [3.63, 3.8) is 0 Å². The number of nitrogens with zero attached hydrogens (tertiary/aromatic N) is 2.